The number of hydrogen-bond donors (Lipinski definition) is 0. The van der Waals surface area contributed by atoms with E-state index in [0.29, 0.717) is 0 Å². The predicted molar refractivity (Wildman–Crippen MR) is 188 cm³/mol. The van der Waals surface area contributed by atoms with Gasteiger partial charge in [0.1, 0.15) is 11.5 Å². The van der Waals surface area contributed by atoms with Crippen LogP contribution in [0.4, 0.5) is 0 Å². The van der Waals surface area contributed by atoms with Gasteiger partial charge < -0.3 is 9.47 Å². The van der Waals surface area contributed by atoms with Crippen molar-refractivity contribution >= 4 is 31.9 Å². The van der Waals surface area contributed by atoms with Crippen molar-refractivity contribution < 1.29 is 9.47 Å². The van der Waals surface area contributed by atoms with E-state index in [1.54, 1.807) is 0 Å². The van der Waals surface area contributed by atoms with Gasteiger partial charge >= 0.3 is 0 Å². The Hall–Kier alpha value is -1.78. The quantitative estimate of drug-likeness (QED) is 0.0863. The molecule has 0 heterocycles. The highest BCUT2D eigenvalue weighted by molar-refractivity contribution is 9.09. The molecule has 0 aliphatic heterocycles. The lowest BCUT2D eigenvalue weighted by molar-refractivity contribution is 0.304. The molecular weight excluding hydrogens is 648 g/mol. The van der Waals surface area contributed by atoms with Crippen LogP contribution in [0.1, 0.15) is 114 Å². The van der Waals surface area contributed by atoms with E-state index < -0.39 is 0 Å². The Bertz CT molecular complexity index is 1040. The number of benzene rings is 3. The first-order valence-corrected chi connectivity index (χ1v) is 18.2. The van der Waals surface area contributed by atoms with Gasteiger partial charge in [-0.25, -0.2) is 0 Å². The van der Waals surface area contributed by atoms with Crippen LogP contribution in [0.2, 0.25) is 0 Å². The van der Waals surface area contributed by atoms with Gasteiger partial charge in [-0.1, -0.05) is 147 Å². The van der Waals surface area contributed by atoms with Crippen molar-refractivity contribution in [3.8, 4) is 11.5 Å². The first-order chi connectivity index (χ1) is 20.3. The lowest BCUT2D eigenvalue weighted by Gasteiger charge is -2.29. The van der Waals surface area contributed by atoms with E-state index in [4.69, 9.17) is 9.47 Å². The highest BCUT2D eigenvalue weighted by atomic mass is 79.9. The maximum atomic E-state index is 6.01. The van der Waals surface area contributed by atoms with Crippen LogP contribution in [0.25, 0.3) is 0 Å². The molecule has 2 nitrogen and oxygen atoms in total. The molecule has 0 saturated carbocycles. The summed E-state index contributed by atoms with van der Waals surface area (Å²) >= 11 is 7.01. The summed E-state index contributed by atoms with van der Waals surface area (Å²) in [7, 11) is 0. The summed E-state index contributed by atoms with van der Waals surface area (Å²) in [4.78, 5) is 0. The van der Waals surface area contributed by atoms with Gasteiger partial charge in [0.25, 0.3) is 0 Å². The minimum atomic E-state index is -0.0937. The molecule has 0 unspecified atom stereocenters. The minimum absolute atomic E-state index is 0.0937. The van der Waals surface area contributed by atoms with E-state index in [1.165, 1.54) is 73.6 Å². The van der Waals surface area contributed by atoms with E-state index in [2.05, 4.69) is 132 Å². The summed E-state index contributed by atoms with van der Waals surface area (Å²) in [6.07, 6.45) is 12.4. The average Bonchev–Trinajstić information content (AvgIpc) is 3.01. The van der Waals surface area contributed by atoms with Crippen molar-refractivity contribution in [1.82, 2.24) is 0 Å². The normalized spacial score (nSPS) is 12.0. The van der Waals surface area contributed by atoms with E-state index in [1.807, 2.05) is 0 Å². The molecule has 3 aromatic carbocycles. The second kappa shape index (κ2) is 18.1. The summed E-state index contributed by atoms with van der Waals surface area (Å²) in [6.45, 7) is 10.8. The largest absolute Gasteiger partial charge is 0.494 e. The molecule has 230 valence electrons. The van der Waals surface area contributed by atoms with Gasteiger partial charge in [-0.2, -0.15) is 0 Å². The maximum absolute atomic E-state index is 6.01. The van der Waals surface area contributed by atoms with Crippen LogP contribution >= 0.6 is 31.9 Å². The summed E-state index contributed by atoms with van der Waals surface area (Å²) in [5.41, 5.74) is 5.04. The summed E-state index contributed by atoms with van der Waals surface area (Å²) in [6, 6.07) is 26.6. The van der Waals surface area contributed by atoms with Crippen molar-refractivity contribution in [1.29, 1.82) is 0 Å². The van der Waals surface area contributed by atoms with Crippen LogP contribution in [-0.4, -0.2) is 23.9 Å². The Morgan fingerprint density at radius 2 is 0.667 bits per heavy atom. The summed E-state index contributed by atoms with van der Waals surface area (Å²) in [5, 5.41) is 2.22. The number of hydrogen-bond acceptors (Lipinski definition) is 2. The molecule has 0 fully saturated rings. The molecule has 3 rings (SSSR count). The smallest absolute Gasteiger partial charge is 0.119 e. The topological polar surface area (TPSA) is 18.5 Å². The molecule has 3 aromatic rings. The second-order valence-corrected chi connectivity index (χ2v) is 14.1. The third kappa shape index (κ3) is 10.7. The SMILES string of the molecule is CC(C)(c1ccc(OCCCCCCCBr)cc1)c1ccc(C(C)(C)c2ccc(OCCCCCCCBr)cc2)cc1. The Balaban J connectivity index is 1.53. The van der Waals surface area contributed by atoms with Crippen LogP contribution < -0.4 is 9.47 Å². The van der Waals surface area contributed by atoms with Crippen LogP contribution in [0.3, 0.4) is 0 Å². The van der Waals surface area contributed by atoms with E-state index >= 15 is 0 Å². The van der Waals surface area contributed by atoms with Crippen molar-refractivity contribution in [3.63, 3.8) is 0 Å². The van der Waals surface area contributed by atoms with E-state index in [-0.39, 0.29) is 10.8 Å². The highest BCUT2D eigenvalue weighted by Crippen LogP contribution is 2.36. The fourth-order valence-electron chi connectivity index (χ4n) is 5.41. The van der Waals surface area contributed by atoms with Gasteiger partial charge in [0, 0.05) is 21.5 Å². The molecule has 0 spiro atoms. The Labute approximate surface area is 273 Å². The number of halogens is 2. The van der Waals surface area contributed by atoms with Gasteiger partial charge in [0.05, 0.1) is 13.2 Å². The van der Waals surface area contributed by atoms with Crippen molar-refractivity contribution in [2.75, 3.05) is 23.9 Å². The maximum Gasteiger partial charge on any atom is 0.119 e. The van der Waals surface area contributed by atoms with Crippen LogP contribution in [0.15, 0.2) is 72.8 Å². The molecule has 4 heteroatoms. The first kappa shape index (κ1) is 34.7. The molecule has 0 saturated heterocycles. The molecule has 0 aliphatic carbocycles. The monoisotopic (exact) mass is 698 g/mol. The van der Waals surface area contributed by atoms with Crippen molar-refractivity contribution in [3.05, 3.63) is 95.1 Å². The minimum Gasteiger partial charge on any atom is -0.494 e. The van der Waals surface area contributed by atoms with Gasteiger partial charge in [-0.3, -0.25) is 0 Å². The Kier molecular flexibility index (Phi) is 15.0. The average molecular weight is 701 g/mol. The lowest BCUT2D eigenvalue weighted by atomic mass is 9.74. The van der Waals surface area contributed by atoms with Gasteiger partial charge in [0.2, 0.25) is 0 Å². The van der Waals surface area contributed by atoms with Gasteiger partial charge in [0.15, 0.2) is 0 Å². The fraction of sp³-hybridized carbons (Fsp3) is 0.526. The van der Waals surface area contributed by atoms with E-state index in [9.17, 15) is 0 Å². The predicted octanol–water partition coefficient (Wildman–Crippen LogP) is 11.8. The second-order valence-electron chi connectivity index (χ2n) is 12.5. The zero-order valence-electron chi connectivity index (χ0n) is 26.4. The van der Waals surface area contributed by atoms with Crippen LogP contribution in [-0.2, 0) is 10.8 Å². The van der Waals surface area contributed by atoms with Crippen LogP contribution in [0, 0.1) is 0 Å². The lowest BCUT2D eigenvalue weighted by Crippen LogP contribution is -2.21. The Morgan fingerprint density at radius 3 is 0.976 bits per heavy atom. The fourth-order valence-corrected chi connectivity index (χ4v) is 6.20. The molecule has 0 bridgehead atoms. The standard InChI is InChI=1S/C38H52Br2O2/c1-37(2,33-19-23-35(24-20-33)41-29-13-9-5-7-11-27-39)31-15-17-32(18-16-31)38(3,4)34-21-25-36(26-22-34)42-30-14-10-6-8-12-28-40/h15-26H,5-14,27-30H2,1-4H3. The molecule has 0 atom stereocenters. The van der Waals surface area contributed by atoms with Gasteiger partial charge in [-0.05, 0) is 72.2 Å². The van der Waals surface area contributed by atoms with Crippen LogP contribution in [0.5, 0.6) is 11.5 Å². The number of unbranched alkanes of at least 4 members (excludes halogenated alkanes) is 8. The molecule has 0 amide bonds. The first-order valence-electron chi connectivity index (χ1n) is 16.0. The zero-order valence-corrected chi connectivity index (χ0v) is 29.6. The number of alkyl halides is 2. The Morgan fingerprint density at radius 1 is 0.405 bits per heavy atom. The molecule has 0 aromatic heterocycles. The summed E-state index contributed by atoms with van der Waals surface area (Å²) < 4.78 is 12.0. The molecule has 0 aliphatic rings. The molecule has 0 radical (unpaired) electrons. The summed E-state index contributed by atoms with van der Waals surface area (Å²) in [5.74, 6) is 1.92. The third-order valence-electron chi connectivity index (χ3n) is 8.57. The molecular formula is C38H52Br2O2. The molecule has 0 N–H and O–H groups in total. The van der Waals surface area contributed by atoms with Crippen molar-refractivity contribution in [2.45, 2.75) is 103 Å². The molecule has 42 heavy (non-hydrogen) atoms. The zero-order chi connectivity index (χ0) is 30.3. The van der Waals surface area contributed by atoms with E-state index in [0.717, 1.165) is 48.2 Å². The highest BCUT2D eigenvalue weighted by Gasteiger charge is 2.26. The third-order valence-corrected chi connectivity index (χ3v) is 9.70. The van der Waals surface area contributed by atoms with Crippen molar-refractivity contribution in [2.24, 2.45) is 0 Å². The number of ether oxygens (including phenoxy) is 2. The van der Waals surface area contributed by atoms with Gasteiger partial charge in [-0.15, -0.1) is 0 Å². The number of rotatable bonds is 20.